The number of sulfonamides is 1. The van der Waals surface area contributed by atoms with E-state index in [2.05, 4.69) is 21.8 Å². The lowest BCUT2D eigenvalue weighted by Gasteiger charge is -2.32. The first-order valence-corrected chi connectivity index (χ1v) is 6.88. The Kier molecular flexibility index (Phi) is 2.65. The highest BCUT2D eigenvalue weighted by Gasteiger charge is 2.31. The fraction of sp³-hybridized carbons (Fsp3) is 0.714. The molecule has 84 valence electrons. The van der Waals surface area contributed by atoms with Gasteiger partial charge in [0.1, 0.15) is 0 Å². The minimum absolute atomic E-state index is 0.0372. The predicted molar refractivity (Wildman–Crippen MR) is 56.8 cm³/mol. The molecule has 0 bridgehead atoms. The van der Waals surface area contributed by atoms with Crippen molar-refractivity contribution in [1.82, 2.24) is 14.9 Å². The van der Waals surface area contributed by atoms with Gasteiger partial charge in [-0.1, -0.05) is 18.3 Å². The number of nitrogens with one attached hydrogen (secondary N) is 1. The Morgan fingerprint density at radius 3 is 2.60 bits per heavy atom. The van der Waals surface area contributed by atoms with Crippen molar-refractivity contribution < 1.29 is 8.42 Å². The third-order valence-electron chi connectivity index (χ3n) is 2.35. The highest BCUT2D eigenvalue weighted by Crippen LogP contribution is 2.28. The summed E-state index contributed by atoms with van der Waals surface area (Å²) in [4.78, 5) is 0. The number of hydrogen-bond acceptors (Lipinski definition) is 6. The maximum Gasteiger partial charge on any atom is 0.270 e. The van der Waals surface area contributed by atoms with E-state index in [1.165, 1.54) is 0 Å². The van der Waals surface area contributed by atoms with Crippen LogP contribution in [0.25, 0.3) is 0 Å². The maximum atomic E-state index is 11.7. The largest absolute Gasteiger partial charge is 0.374 e. The van der Waals surface area contributed by atoms with Crippen LogP contribution in [0.4, 0.5) is 5.13 Å². The molecule has 8 heteroatoms. The van der Waals surface area contributed by atoms with Gasteiger partial charge in [-0.05, 0) is 18.8 Å². The zero-order chi connectivity index (χ0) is 11.1. The molecule has 3 N–H and O–H groups in total. The van der Waals surface area contributed by atoms with Crippen LogP contribution in [0.3, 0.4) is 0 Å². The number of nitrogens with two attached hydrogens (primary N) is 1. The normalized spacial score (nSPS) is 26.2. The molecule has 0 atom stereocenters. The summed E-state index contributed by atoms with van der Waals surface area (Å²) in [6, 6.07) is 0.0372. The van der Waals surface area contributed by atoms with Crippen LogP contribution < -0.4 is 10.5 Å². The summed E-state index contributed by atoms with van der Waals surface area (Å²) >= 11 is 0.877. The minimum Gasteiger partial charge on any atom is -0.374 e. The van der Waals surface area contributed by atoms with Crippen molar-refractivity contribution in [3.63, 3.8) is 0 Å². The lowest BCUT2D eigenvalue weighted by atomic mass is 9.83. The van der Waals surface area contributed by atoms with Crippen molar-refractivity contribution >= 4 is 26.5 Å². The lowest BCUT2D eigenvalue weighted by molar-refractivity contribution is 0.270. The van der Waals surface area contributed by atoms with E-state index in [1.54, 1.807) is 0 Å². The van der Waals surface area contributed by atoms with Gasteiger partial charge in [-0.2, -0.15) is 0 Å². The van der Waals surface area contributed by atoms with Gasteiger partial charge in [0.15, 0.2) is 0 Å². The molecule has 0 spiro atoms. The maximum absolute atomic E-state index is 11.7. The predicted octanol–water partition coefficient (Wildman–Crippen LogP) is 0.197. The van der Waals surface area contributed by atoms with Gasteiger partial charge in [0, 0.05) is 6.04 Å². The highest BCUT2D eigenvalue weighted by molar-refractivity contribution is 7.91. The van der Waals surface area contributed by atoms with E-state index >= 15 is 0 Å². The van der Waals surface area contributed by atoms with Crippen molar-refractivity contribution in [2.75, 3.05) is 5.73 Å². The fourth-order valence-corrected chi connectivity index (χ4v) is 3.66. The van der Waals surface area contributed by atoms with E-state index in [0.717, 1.165) is 24.2 Å². The Bertz CT molecular complexity index is 449. The van der Waals surface area contributed by atoms with Gasteiger partial charge in [0.05, 0.1) is 0 Å². The van der Waals surface area contributed by atoms with Crippen LogP contribution in [0.15, 0.2) is 4.34 Å². The average molecular weight is 248 g/mol. The number of aromatic nitrogens is 2. The van der Waals surface area contributed by atoms with Gasteiger partial charge in [-0.3, -0.25) is 0 Å². The zero-order valence-corrected chi connectivity index (χ0v) is 9.81. The average Bonchev–Trinajstić information content (AvgIpc) is 2.49. The summed E-state index contributed by atoms with van der Waals surface area (Å²) in [5.74, 6) is 0.595. The molecular weight excluding hydrogens is 236 g/mol. The smallest absolute Gasteiger partial charge is 0.270 e. The van der Waals surface area contributed by atoms with Gasteiger partial charge in [-0.15, -0.1) is 10.2 Å². The molecule has 1 aromatic rings. The molecule has 2 rings (SSSR count). The summed E-state index contributed by atoms with van der Waals surface area (Å²) in [7, 11) is -3.51. The van der Waals surface area contributed by atoms with Crippen LogP contribution in [0.2, 0.25) is 0 Å². The van der Waals surface area contributed by atoms with Crippen LogP contribution >= 0.6 is 11.3 Å². The van der Waals surface area contributed by atoms with Crippen LogP contribution in [0, 0.1) is 5.92 Å². The standard InChI is InChI=1S/C7H12N4O2S2/c1-4-2-5(3-4)11-15(12,13)7-10-9-6(8)14-7/h4-5,11H,2-3H2,1H3,(H2,8,9). The third-order valence-corrected chi connectivity index (χ3v) is 4.99. The van der Waals surface area contributed by atoms with Crippen LogP contribution in [0.5, 0.6) is 0 Å². The van der Waals surface area contributed by atoms with E-state index < -0.39 is 10.0 Å². The van der Waals surface area contributed by atoms with Crippen molar-refractivity contribution in [3.05, 3.63) is 0 Å². The molecule has 0 unspecified atom stereocenters. The van der Waals surface area contributed by atoms with Gasteiger partial charge < -0.3 is 5.73 Å². The monoisotopic (exact) mass is 248 g/mol. The number of hydrogen-bond donors (Lipinski definition) is 2. The molecule has 0 amide bonds. The molecule has 1 heterocycles. The molecule has 6 nitrogen and oxygen atoms in total. The van der Waals surface area contributed by atoms with Crippen molar-refractivity contribution in [1.29, 1.82) is 0 Å². The van der Waals surface area contributed by atoms with E-state index in [9.17, 15) is 8.42 Å². The van der Waals surface area contributed by atoms with Gasteiger partial charge in [0.25, 0.3) is 10.0 Å². The van der Waals surface area contributed by atoms with Crippen molar-refractivity contribution in [3.8, 4) is 0 Å². The minimum atomic E-state index is -3.51. The molecule has 1 aromatic heterocycles. The van der Waals surface area contributed by atoms with E-state index in [4.69, 9.17) is 5.73 Å². The summed E-state index contributed by atoms with van der Waals surface area (Å²) < 4.78 is 25.9. The zero-order valence-electron chi connectivity index (χ0n) is 8.17. The Balaban J connectivity index is 2.07. The second-order valence-corrected chi connectivity index (χ2v) is 6.70. The second kappa shape index (κ2) is 3.69. The van der Waals surface area contributed by atoms with Gasteiger partial charge in [0.2, 0.25) is 9.47 Å². The second-order valence-electron chi connectivity index (χ2n) is 3.80. The van der Waals surface area contributed by atoms with Crippen LogP contribution in [-0.2, 0) is 10.0 Å². The summed E-state index contributed by atoms with van der Waals surface area (Å²) in [5.41, 5.74) is 5.33. The fourth-order valence-electron chi connectivity index (χ4n) is 1.60. The molecule has 15 heavy (non-hydrogen) atoms. The van der Waals surface area contributed by atoms with Crippen LogP contribution in [-0.4, -0.2) is 24.7 Å². The molecule has 0 aliphatic heterocycles. The summed E-state index contributed by atoms with van der Waals surface area (Å²) in [6.07, 6.45) is 1.76. The summed E-state index contributed by atoms with van der Waals surface area (Å²) in [5, 5.41) is 7.15. The van der Waals surface area contributed by atoms with Gasteiger partial charge >= 0.3 is 0 Å². The Hall–Kier alpha value is -0.730. The molecule has 0 radical (unpaired) electrons. The number of nitrogen functional groups attached to an aromatic ring is 1. The molecule has 0 saturated heterocycles. The molecular formula is C7H12N4O2S2. The van der Waals surface area contributed by atoms with Crippen LogP contribution in [0.1, 0.15) is 19.8 Å². The molecule has 1 fully saturated rings. The topological polar surface area (TPSA) is 98.0 Å². The number of anilines is 1. The number of nitrogens with zero attached hydrogens (tertiary/aromatic N) is 2. The van der Waals surface area contributed by atoms with Gasteiger partial charge in [-0.25, -0.2) is 13.1 Å². The first-order valence-electron chi connectivity index (χ1n) is 4.58. The van der Waals surface area contributed by atoms with E-state index in [1.807, 2.05) is 0 Å². The molecule has 1 aliphatic rings. The SMILES string of the molecule is CC1CC(NS(=O)(=O)c2nnc(N)s2)C1. The third kappa shape index (κ3) is 2.27. The Morgan fingerprint density at radius 2 is 2.13 bits per heavy atom. The van der Waals surface area contributed by atoms with Crippen molar-refractivity contribution in [2.24, 2.45) is 5.92 Å². The first kappa shape index (κ1) is 10.8. The molecule has 0 aromatic carbocycles. The first-order chi connectivity index (χ1) is 6.97. The Morgan fingerprint density at radius 1 is 1.47 bits per heavy atom. The highest BCUT2D eigenvalue weighted by atomic mass is 32.2. The molecule has 1 saturated carbocycles. The van der Waals surface area contributed by atoms with Crippen molar-refractivity contribution in [2.45, 2.75) is 30.1 Å². The summed E-state index contributed by atoms with van der Waals surface area (Å²) in [6.45, 7) is 2.09. The van der Waals surface area contributed by atoms with E-state index in [0.29, 0.717) is 5.92 Å². The molecule has 1 aliphatic carbocycles. The lowest BCUT2D eigenvalue weighted by Crippen LogP contribution is -2.43. The quantitative estimate of drug-likeness (QED) is 0.796. The Labute approximate surface area is 91.9 Å². The number of rotatable bonds is 3. The van der Waals surface area contributed by atoms with E-state index in [-0.39, 0.29) is 15.5 Å².